The Morgan fingerprint density at radius 2 is 2.11 bits per heavy atom. The number of halogens is 2. The van der Waals surface area contributed by atoms with Gasteiger partial charge in [-0.2, -0.15) is 0 Å². The van der Waals surface area contributed by atoms with Crippen LogP contribution >= 0.6 is 34.2 Å². The number of hydrogen-bond acceptors (Lipinski definition) is 2. The van der Waals surface area contributed by atoms with Crippen molar-refractivity contribution in [2.45, 2.75) is 25.3 Å². The van der Waals surface area contributed by atoms with Gasteiger partial charge in [-0.1, -0.05) is 11.6 Å². The minimum Gasteiger partial charge on any atom is -0.480 e. The lowest BCUT2D eigenvalue weighted by atomic mass is 10.0. The number of nitrogens with zero attached hydrogens (tertiary/aromatic N) is 1. The van der Waals surface area contributed by atoms with Crippen molar-refractivity contribution in [3.05, 3.63) is 32.4 Å². The first-order chi connectivity index (χ1) is 9.00. The van der Waals surface area contributed by atoms with Crippen LogP contribution < -0.4 is 0 Å². The smallest absolute Gasteiger partial charge is 0.326 e. The van der Waals surface area contributed by atoms with E-state index >= 15 is 0 Å². The second-order valence-corrected chi connectivity index (χ2v) is 6.05. The van der Waals surface area contributed by atoms with Crippen molar-refractivity contribution in [2.75, 3.05) is 6.54 Å². The van der Waals surface area contributed by atoms with Gasteiger partial charge in [0.05, 0.1) is 5.02 Å². The topological polar surface area (TPSA) is 57.6 Å². The number of benzene rings is 1. The van der Waals surface area contributed by atoms with Crippen LogP contribution in [-0.4, -0.2) is 34.5 Å². The van der Waals surface area contributed by atoms with E-state index in [1.54, 1.807) is 18.2 Å². The van der Waals surface area contributed by atoms with Gasteiger partial charge in [-0.25, -0.2) is 4.79 Å². The maximum atomic E-state index is 12.4. The summed E-state index contributed by atoms with van der Waals surface area (Å²) in [5.74, 6) is -1.20. The molecule has 1 saturated heterocycles. The lowest BCUT2D eigenvalue weighted by Gasteiger charge is -2.33. The number of carbonyl (C=O) groups is 2. The molecule has 0 spiro atoms. The van der Waals surface area contributed by atoms with Gasteiger partial charge in [0.15, 0.2) is 0 Å². The normalized spacial score (nSPS) is 19.3. The number of carboxylic acids is 1. The molecular weight excluding hydrogens is 381 g/mol. The van der Waals surface area contributed by atoms with Gasteiger partial charge in [-0.15, -0.1) is 0 Å². The lowest BCUT2D eigenvalue weighted by Crippen LogP contribution is -2.47. The van der Waals surface area contributed by atoms with Gasteiger partial charge in [0.2, 0.25) is 0 Å². The average molecular weight is 394 g/mol. The first-order valence-electron chi connectivity index (χ1n) is 5.99. The average Bonchev–Trinajstić information content (AvgIpc) is 2.41. The third-order valence-corrected chi connectivity index (χ3v) is 4.79. The molecule has 1 aliphatic heterocycles. The Bertz CT molecular complexity index is 521. The van der Waals surface area contributed by atoms with E-state index in [0.29, 0.717) is 23.6 Å². The molecule has 1 heterocycles. The monoisotopic (exact) mass is 393 g/mol. The maximum absolute atomic E-state index is 12.4. The maximum Gasteiger partial charge on any atom is 0.326 e. The van der Waals surface area contributed by atoms with E-state index < -0.39 is 12.0 Å². The molecule has 2 rings (SSSR count). The van der Waals surface area contributed by atoms with Gasteiger partial charge >= 0.3 is 5.97 Å². The molecule has 6 heteroatoms. The molecule has 1 atom stereocenters. The van der Waals surface area contributed by atoms with E-state index in [1.807, 2.05) is 0 Å². The third-order valence-electron chi connectivity index (χ3n) is 3.22. The highest BCUT2D eigenvalue weighted by Gasteiger charge is 2.32. The summed E-state index contributed by atoms with van der Waals surface area (Å²) in [5, 5.41) is 9.69. The zero-order valence-electron chi connectivity index (χ0n) is 10.1. The number of amides is 1. The van der Waals surface area contributed by atoms with Crippen molar-refractivity contribution in [1.82, 2.24) is 4.90 Å². The summed E-state index contributed by atoms with van der Waals surface area (Å²) in [7, 11) is 0. The highest BCUT2D eigenvalue weighted by Crippen LogP contribution is 2.23. The van der Waals surface area contributed by atoms with Crippen LogP contribution in [0.2, 0.25) is 5.02 Å². The van der Waals surface area contributed by atoms with Crippen molar-refractivity contribution >= 4 is 46.1 Å². The molecule has 1 aromatic rings. The first kappa shape index (κ1) is 14.6. The second-order valence-electron chi connectivity index (χ2n) is 4.48. The Labute approximate surface area is 129 Å². The molecule has 19 heavy (non-hydrogen) atoms. The summed E-state index contributed by atoms with van der Waals surface area (Å²) in [6, 6.07) is 4.32. The van der Waals surface area contributed by atoms with Crippen LogP contribution in [0.3, 0.4) is 0 Å². The van der Waals surface area contributed by atoms with E-state index in [0.717, 1.165) is 16.4 Å². The standard InChI is InChI=1S/C13H13ClINO3/c14-9-7-8(4-5-10(9)15)12(17)16-6-2-1-3-11(16)13(18)19/h4-5,7,11H,1-3,6H2,(H,18,19)/t11-/m1/s1. The molecule has 0 radical (unpaired) electrons. The summed E-state index contributed by atoms with van der Waals surface area (Å²) in [5.41, 5.74) is 0.443. The van der Waals surface area contributed by atoms with Crippen molar-refractivity contribution < 1.29 is 14.7 Å². The molecule has 102 valence electrons. The molecule has 0 bridgehead atoms. The van der Waals surface area contributed by atoms with Crippen LogP contribution in [0, 0.1) is 3.57 Å². The van der Waals surface area contributed by atoms with Crippen LogP contribution in [0.5, 0.6) is 0 Å². The summed E-state index contributed by atoms with van der Waals surface area (Å²) in [6.45, 7) is 0.486. The van der Waals surface area contributed by atoms with Gasteiger partial charge in [-0.3, -0.25) is 4.79 Å². The Hall–Kier alpha value is -0.820. The van der Waals surface area contributed by atoms with E-state index in [1.165, 1.54) is 4.90 Å². The zero-order chi connectivity index (χ0) is 14.0. The largest absolute Gasteiger partial charge is 0.480 e. The molecule has 4 nitrogen and oxygen atoms in total. The number of aliphatic carboxylic acids is 1. The first-order valence-corrected chi connectivity index (χ1v) is 7.45. The highest BCUT2D eigenvalue weighted by atomic mass is 127. The Morgan fingerprint density at radius 3 is 2.74 bits per heavy atom. The number of carboxylic acid groups (broad SMARTS) is 1. The quantitative estimate of drug-likeness (QED) is 0.786. The lowest BCUT2D eigenvalue weighted by molar-refractivity contribution is -0.143. The van der Waals surface area contributed by atoms with Crippen molar-refractivity contribution in [2.24, 2.45) is 0 Å². The van der Waals surface area contributed by atoms with E-state index in [2.05, 4.69) is 22.6 Å². The van der Waals surface area contributed by atoms with Gasteiger partial charge in [0, 0.05) is 15.7 Å². The molecule has 1 amide bonds. The number of hydrogen-bond donors (Lipinski definition) is 1. The molecular formula is C13H13ClINO3. The van der Waals surface area contributed by atoms with Crippen molar-refractivity contribution in [3.8, 4) is 0 Å². The van der Waals surface area contributed by atoms with E-state index in [4.69, 9.17) is 11.6 Å². The van der Waals surface area contributed by atoms with Crippen LogP contribution in [0.15, 0.2) is 18.2 Å². The van der Waals surface area contributed by atoms with Crippen LogP contribution in [-0.2, 0) is 4.79 Å². The summed E-state index contributed by atoms with van der Waals surface area (Å²) in [4.78, 5) is 25.0. The van der Waals surface area contributed by atoms with Gasteiger partial charge in [0.25, 0.3) is 5.91 Å². The number of carbonyl (C=O) groups excluding carboxylic acids is 1. The predicted octanol–water partition coefficient (Wildman–Crippen LogP) is 3.02. The second kappa shape index (κ2) is 6.09. The minimum atomic E-state index is -0.940. The Kier molecular flexibility index (Phi) is 4.67. The Morgan fingerprint density at radius 1 is 1.37 bits per heavy atom. The predicted molar refractivity (Wildman–Crippen MR) is 80.5 cm³/mol. The molecule has 0 aromatic heterocycles. The SMILES string of the molecule is O=C(O)[C@H]1CCCCN1C(=O)c1ccc(I)c(Cl)c1. The molecule has 1 aliphatic rings. The number of likely N-dealkylation sites (tertiary alicyclic amines) is 1. The van der Waals surface area contributed by atoms with Gasteiger partial charge in [0.1, 0.15) is 6.04 Å². The number of rotatable bonds is 2. The van der Waals surface area contributed by atoms with Gasteiger partial charge < -0.3 is 10.0 Å². The molecule has 1 N–H and O–H groups in total. The van der Waals surface area contributed by atoms with Crippen molar-refractivity contribution in [1.29, 1.82) is 0 Å². The fourth-order valence-corrected chi connectivity index (χ4v) is 2.74. The Balaban J connectivity index is 2.26. The fraction of sp³-hybridized carbons (Fsp3) is 0.385. The van der Waals surface area contributed by atoms with E-state index in [9.17, 15) is 14.7 Å². The summed E-state index contributed by atoms with van der Waals surface area (Å²) < 4.78 is 0.865. The van der Waals surface area contributed by atoms with Gasteiger partial charge in [-0.05, 0) is 60.1 Å². The molecule has 1 aromatic carbocycles. The molecule has 1 fully saturated rings. The van der Waals surface area contributed by atoms with Crippen LogP contribution in [0.25, 0.3) is 0 Å². The zero-order valence-corrected chi connectivity index (χ0v) is 13.0. The van der Waals surface area contributed by atoms with Crippen LogP contribution in [0.1, 0.15) is 29.6 Å². The van der Waals surface area contributed by atoms with Crippen molar-refractivity contribution in [3.63, 3.8) is 0 Å². The molecule has 0 saturated carbocycles. The van der Waals surface area contributed by atoms with Crippen LogP contribution in [0.4, 0.5) is 0 Å². The minimum absolute atomic E-state index is 0.259. The highest BCUT2D eigenvalue weighted by molar-refractivity contribution is 14.1. The third kappa shape index (κ3) is 3.20. The van der Waals surface area contributed by atoms with E-state index in [-0.39, 0.29) is 5.91 Å². The fourth-order valence-electron chi connectivity index (χ4n) is 2.23. The molecule has 0 aliphatic carbocycles. The molecule has 0 unspecified atom stereocenters. The summed E-state index contributed by atoms with van der Waals surface area (Å²) in [6.07, 6.45) is 2.20. The summed E-state index contributed by atoms with van der Waals surface area (Å²) >= 11 is 8.08. The number of piperidine rings is 1.